The summed E-state index contributed by atoms with van der Waals surface area (Å²) >= 11 is 0. The number of ether oxygens (including phenoxy) is 1. The van der Waals surface area contributed by atoms with E-state index in [4.69, 9.17) is 4.74 Å². The van der Waals surface area contributed by atoms with Crippen LogP contribution in [0.5, 0.6) is 0 Å². The maximum Gasteiger partial charge on any atom is 0.0609 e. The second-order valence-corrected chi connectivity index (χ2v) is 5.95. The maximum absolute atomic E-state index is 5.92. The van der Waals surface area contributed by atoms with Crippen molar-refractivity contribution in [1.82, 2.24) is 0 Å². The molecule has 2 saturated carbocycles. The summed E-state index contributed by atoms with van der Waals surface area (Å²) in [5.74, 6) is 4.80. The topological polar surface area (TPSA) is 9.23 Å². The van der Waals surface area contributed by atoms with Crippen molar-refractivity contribution in [2.45, 2.75) is 45.6 Å². The standard InChI is InChI=1S/C13H22O/c1-8(2)11-6-9-7-14-12-5-3-4-10(11)13(9)12/h8-13H,3-7H2,1-2H3/t9?,10-,11+,12-,13+/m0/s1. The van der Waals surface area contributed by atoms with Gasteiger partial charge in [-0.05, 0) is 48.9 Å². The predicted molar refractivity (Wildman–Crippen MR) is 57.0 cm³/mol. The van der Waals surface area contributed by atoms with E-state index < -0.39 is 0 Å². The second-order valence-electron chi connectivity index (χ2n) is 5.95. The lowest BCUT2D eigenvalue weighted by atomic mass is 9.73. The van der Waals surface area contributed by atoms with Gasteiger partial charge in [0.15, 0.2) is 0 Å². The van der Waals surface area contributed by atoms with Gasteiger partial charge in [-0.1, -0.05) is 20.3 Å². The van der Waals surface area contributed by atoms with E-state index in [-0.39, 0.29) is 0 Å². The van der Waals surface area contributed by atoms with Gasteiger partial charge in [0.05, 0.1) is 12.7 Å². The van der Waals surface area contributed by atoms with E-state index in [1.807, 2.05) is 0 Å². The molecule has 1 unspecified atom stereocenters. The molecule has 1 aliphatic heterocycles. The first-order valence-electron chi connectivity index (χ1n) is 6.39. The van der Waals surface area contributed by atoms with E-state index in [2.05, 4.69) is 13.8 Å². The Labute approximate surface area is 87.2 Å². The van der Waals surface area contributed by atoms with Gasteiger partial charge in [-0.2, -0.15) is 0 Å². The summed E-state index contributed by atoms with van der Waals surface area (Å²) < 4.78 is 5.92. The van der Waals surface area contributed by atoms with Gasteiger partial charge in [-0.3, -0.25) is 0 Å². The van der Waals surface area contributed by atoms with E-state index >= 15 is 0 Å². The van der Waals surface area contributed by atoms with Gasteiger partial charge >= 0.3 is 0 Å². The van der Waals surface area contributed by atoms with Gasteiger partial charge < -0.3 is 4.74 Å². The third-order valence-electron chi connectivity index (χ3n) is 5.00. The van der Waals surface area contributed by atoms with Crippen molar-refractivity contribution in [1.29, 1.82) is 0 Å². The summed E-state index contributed by atoms with van der Waals surface area (Å²) in [5, 5.41) is 0. The van der Waals surface area contributed by atoms with Gasteiger partial charge in [0.1, 0.15) is 0 Å². The summed E-state index contributed by atoms with van der Waals surface area (Å²) in [7, 11) is 0. The Balaban J connectivity index is 1.84. The third-order valence-corrected chi connectivity index (χ3v) is 5.00. The van der Waals surface area contributed by atoms with Crippen molar-refractivity contribution in [3.63, 3.8) is 0 Å². The van der Waals surface area contributed by atoms with Crippen LogP contribution in [-0.4, -0.2) is 12.7 Å². The zero-order valence-corrected chi connectivity index (χ0v) is 9.41. The molecule has 0 bridgehead atoms. The molecule has 3 fully saturated rings. The number of hydrogen-bond acceptors (Lipinski definition) is 1. The fourth-order valence-electron chi connectivity index (χ4n) is 4.44. The molecule has 0 spiro atoms. The SMILES string of the molecule is CC(C)[C@H]1CC2CO[C@H]3CCC[C@@H]1[C@@H]23. The summed E-state index contributed by atoms with van der Waals surface area (Å²) in [6, 6.07) is 0. The molecule has 2 aliphatic carbocycles. The highest BCUT2D eigenvalue weighted by Crippen LogP contribution is 2.55. The lowest BCUT2D eigenvalue weighted by molar-refractivity contribution is 0.0268. The van der Waals surface area contributed by atoms with Crippen molar-refractivity contribution < 1.29 is 4.74 Å². The van der Waals surface area contributed by atoms with Crippen LogP contribution >= 0.6 is 0 Å². The summed E-state index contributed by atoms with van der Waals surface area (Å²) in [5.41, 5.74) is 0. The Morgan fingerprint density at radius 2 is 2.07 bits per heavy atom. The maximum atomic E-state index is 5.92. The predicted octanol–water partition coefficient (Wildman–Crippen LogP) is 3.09. The zero-order chi connectivity index (χ0) is 9.71. The molecule has 14 heavy (non-hydrogen) atoms. The monoisotopic (exact) mass is 194 g/mol. The fourth-order valence-corrected chi connectivity index (χ4v) is 4.44. The molecule has 1 nitrogen and oxygen atoms in total. The highest BCUT2D eigenvalue weighted by molar-refractivity contribution is 5.00. The molecular formula is C13H22O. The quantitative estimate of drug-likeness (QED) is 0.623. The minimum Gasteiger partial charge on any atom is -0.378 e. The van der Waals surface area contributed by atoms with E-state index in [0.717, 1.165) is 36.2 Å². The molecule has 80 valence electrons. The molecule has 0 aromatic carbocycles. The van der Waals surface area contributed by atoms with Gasteiger partial charge in [0.25, 0.3) is 0 Å². The first kappa shape index (κ1) is 9.21. The van der Waals surface area contributed by atoms with Crippen molar-refractivity contribution >= 4 is 0 Å². The lowest BCUT2D eigenvalue weighted by Gasteiger charge is -2.34. The second kappa shape index (κ2) is 3.23. The Bertz CT molecular complexity index is 221. The van der Waals surface area contributed by atoms with Gasteiger partial charge in [-0.25, -0.2) is 0 Å². The summed E-state index contributed by atoms with van der Waals surface area (Å²) in [6.07, 6.45) is 6.37. The van der Waals surface area contributed by atoms with Crippen molar-refractivity contribution in [3.05, 3.63) is 0 Å². The molecule has 5 atom stereocenters. The van der Waals surface area contributed by atoms with Gasteiger partial charge in [0, 0.05) is 0 Å². The minimum absolute atomic E-state index is 0.655. The lowest BCUT2D eigenvalue weighted by Crippen LogP contribution is -2.31. The van der Waals surface area contributed by atoms with Crippen molar-refractivity contribution in [2.24, 2.45) is 29.6 Å². The smallest absolute Gasteiger partial charge is 0.0609 e. The van der Waals surface area contributed by atoms with Crippen LogP contribution in [0.1, 0.15) is 39.5 Å². The third kappa shape index (κ3) is 1.18. The molecule has 0 aromatic rings. The van der Waals surface area contributed by atoms with Crippen molar-refractivity contribution in [2.75, 3.05) is 6.61 Å². The van der Waals surface area contributed by atoms with Crippen LogP contribution in [0, 0.1) is 29.6 Å². The van der Waals surface area contributed by atoms with Crippen LogP contribution in [-0.2, 0) is 4.74 Å². The number of hydrogen-bond donors (Lipinski definition) is 0. The largest absolute Gasteiger partial charge is 0.378 e. The first-order valence-corrected chi connectivity index (χ1v) is 6.39. The van der Waals surface area contributed by atoms with Crippen LogP contribution < -0.4 is 0 Å². The van der Waals surface area contributed by atoms with Gasteiger partial charge in [-0.15, -0.1) is 0 Å². The van der Waals surface area contributed by atoms with E-state index in [0.29, 0.717) is 6.10 Å². The van der Waals surface area contributed by atoms with Crippen LogP contribution in [0.3, 0.4) is 0 Å². The Kier molecular flexibility index (Phi) is 2.12. The van der Waals surface area contributed by atoms with Crippen LogP contribution in [0.15, 0.2) is 0 Å². The fraction of sp³-hybridized carbons (Fsp3) is 1.00. The molecule has 1 saturated heterocycles. The highest BCUT2D eigenvalue weighted by atomic mass is 16.5. The van der Waals surface area contributed by atoms with Crippen molar-refractivity contribution in [3.8, 4) is 0 Å². The van der Waals surface area contributed by atoms with E-state index in [9.17, 15) is 0 Å². The highest BCUT2D eigenvalue weighted by Gasteiger charge is 2.52. The summed E-state index contributed by atoms with van der Waals surface area (Å²) in [6.45, 7) is 5.90. The molecule has 3 aliphatic rings. The normalized spacial score (nSPS) is 51.2. The molecule has 3 rings (SSSR count). The molecule has 0 N–H and O–H groups in total. The Hall–Kier alpha value is -0.0400. The molecule has 0 amide bonds. The molecule has 1 heteroatoms. The molecule has 0 aromatic heterocycles. The van der Waals surface area contributed by atoms with Crippen LogP contribution in [0.2, 0.25) is 0 Å². The van der Waals surface area contributed by atoms with Gasteiger partial charge in [0.2, 0.25) is 0 Å². The van der Waals surface area contributed by atoms with E-state index in [1.54, 1.807) is 0 Å². The summed E-state index contributed by atoms with van der Waals surface area (Å²) in [4.78, 5) is 0. The average molecular weight is 194 g/mol. The first-order chi connectivity index (χ1) is 6.77. The molecule has 1 heterocycles. The molecule has 0 radical (unpaired) electrons. The Morgan fingerprint density at radius 1 is 1.21 bits per heavy atom. The minimum atomic E-state index is 0.655. The number of rotatable bonds is 1. The Morgan fingerprint density at radius 3 is 2.86 bits per heavy atom. The van der Waals surface area contributed by atoms with Crippen LogP contribution in [0.4, 0.5) is 0 Å². The van der Waals surface area contributed by atoms with E-state index in [1.165, 1.54) is 25.7 Å². The average Bonchev–Trinajstić information content (AvgIpc) is 2.72. The molecular weight excluding hydrogens is 172 g/mol. The van der Waals surface area contributed by atoms with Crippen LogP contribution in [0.25, 0.3) is 0 Å². The zero-order valence-electron chi connectivity index (χ0n) is 9.41.